The topological polar surface area (TPSA) is 37.7 Å². The fourth-order valence-electron chi connectivity index (χ4n) is 6.05. The molecule has 0 atom stereocenters. The fourth-order valence-corrected chi connectivity index (χ4v) is 6.88. The number of aliphatic imine (C=N–C) groups is 1. The molecule has 194 valence electrons. The molecule has 1 aliphatic heterocycles. The zero-order valence-electron chi connectivity index (χ0n) is 22.1. The van der Waals surface area contributed by atoms with Gasteiger partial charge in [0.1, 0.15) is 10.8 Å². The number of hydrogen-bond acceptors (Lipinski definition) is 5. The minimum Gasteiger partial charge on any atom is -0.495 e. The van der Waals surface area contributed by atoms with E-state index < -0.39 is 0 Å². The zero-order chi connectivity index (χ0) is 25.8. The maximum absolute atomic E-state index is 5.82. The van der Waals surface area contributed by atoms with Gasteiger partial charge < -0.3 is 9.64 Å². The predicted molar refractivity (Wildman–Crippen MR) is 160 cm³/mol. The van der Waals surface area contributed by atoms with Gasteiger partial charge in [0.25, 0.3) is 0 Å². The highest BCUT2D eigenvalue weighted by molar-refractivity contribution is 7.13. The number of aromatic nitrogens is 1. The molecule has 2 heterocycles. The summed E-state index contributed by atoms with van der Waals surface area (Å²) >= 11 is 1.67. The summed E-state index contributed by atoms with van der Waals surface area (Å²) in [6.07, 6.45) is 11.6. The normalized spacial score (nSPS) is 17.2. The van der Waals surface area contributed by atoms with Crippen LogP contribution in [-0.4, -0.2) is 31.4 Å². The van der Waals surface area contributed by atoms with Gasteiger partial charge in [-0.25, -0.2) is 4.98 Å². The van der Waals surface area contributed by atoms with Crippen molar-refractivity contribution in [1.29, 1.82) is 0 Å². The van der Waals surface area contributed by atoms with Crippen molar-refractivity contribution in [2.24, 2.45) is 10.4 Å². The molecule has 1 saturated carbocycles. The van der Waals surface area contributed by atoms with Crippen LogP contribution >= 0.6 is 11.3 Å². The van der Waals surface area contributed by atoms with Crippen LogP contribution in [0.25, 0.3) is 21.8 Å². The first-order valence-corrected chi connectivity index (χ1v) is 14.7. The molecular formula is C33H35N3OS. The van der Waals surface area contributed by atoms with Crippen molar-refractivity contribution in [2.45, 2.75) is 44.9 Å². The lowest BCUT2D eigenvalue weighted by Crippen LogP contribution is -2.41. The third kappa shape index (κ3) is 5.39. The van der Waals surface area contributed by atoms with Gasteiger partial charge in [-0.2, -0.15) is 0 Å². The number of benzene rings is 3. The van der Waals surface area contributed by atoms with Crippen LogP contribution in [0.2, 0.25) is 0 Å². The number of anilines is 1. The monoisotopic (exact) mass is 521 g/mol. The second-order valence-corrected chi connectivity index (χ2v) is 11.5. The van der Waals surface area contributed by atoms with Crippen LogP contribution in [-0.2, 0) is 0 Å². The summed E-state index contributed by atoms with van der Waals surface area (Å²) in [5.74, 6) is 0.932. The highest BCUT2D eigenvalue weighted by atomic mass is 32.1. The van der Waals surface area contributed by atoms with Crippen LogP contribution < -0.4 is 9.64 Å². The molecule has 1 aliphatic carbocycles. The molecule has 0 amide bonds. The van der Waals surface area contributed by atoms with Crippen LogP contribution in [0, 0.1) is 5.41 Å². The van der Waals surface area contributed by atoms with Gasteiger partial charge in [-0.15, -0.1) is 11.3 Å². The molecule has 38 heavy (non-hydrogen) atoms. The van der Waals surface area contributed by atoms with Gasteiger partial charge in [0.15, 0.2) is 0 Å². The van der Waals surface area contributed by atoms with E-state index in [2.05, 4.69) is 52.7 Å². The number of ether oxygens (including phenoxy) is 1. The van der Waals surface area contributed by atoms with Crippen molar-refractivity contribution in [3.63, 3.8) is 0 Å². The second-order valence-electron chi connectivity index (χ2n) is 10.7. The van der Waals surface area contributed by atoms with Crippen LogP contribution in [0.5, 0.6) is 5.75 Å². The van der Waals surface area contributed by atoms with E-state index in [9.17, 15) is 0 Å². The van der Waals surface area contributed by atoms with E-state index in [1.54, 1.807) is 18.4 Å². The Morgan fingerprint density at radius 2 is 1.63 bits per heavy atom. The quantitative estimate of drug-likeness (QED) is 0.238. The molecule has 6 rings (SSSR count). The van der Waals surface area contributed by atoms with Crippen molar-refractivity contribution < 1.29 is 4.74 Å². The molecule has 0 unspecified atom stereocenters. The number of methoxy groups -OCH3 is 1. The van der Waals surface area contributed by atoms with Gasteiger partial charge in [-0.05, 0) is 60.9 Å². The Labute approximate surface area is 230 Å². The van der Waals surface area contributed by atoms with E-state index in [1.807, 2.05) is 36.5 Å². The van der Waals surface area contributed by atoms with Crippen LogP contribution in [0.4, 0.5) is 11.4 Å². The van der Waals surface area contributed by atoms with Crippen LogP contribution in [0.15, 0.2) is 83.2 Å². The fraction of sp³-hybridized carbons (Fsp3) is 0.333. The van der Waals surface area contributed by atoms with Crippen molar-refractivity contribution in [1.82, 2.24) is 4.98 Å². The van der Waals surface area contributed by atoms with E-state index in [0.29, 0.717) is 5.41 Å². The van der Waals surface area contributed by atoms with Gasteiger partial charge in [-0.1, -0.05) is 67.8 Å². The molecule has 1 saturated heterocycles. The van der Waals surface area contributed by atoms with Gasteiger partial charge in [-0.3, -0.25) is 4.99 Å². The Balaban J connectivity index is 1.11. The number of piperidine rings is 1. The van der Waals surface area contributed by atoms with E-state index in [-0.39, 0.29) is 0 Å². The van der Waals surface area contributed by atoms with Crippen molar-refractivity contribution in [3.8, 4) is 27.6 Å². The molecule has 4 aromatic rings. The minimum atomic E-state index is 0.605. The average molecular weight is 522 g/mol. The summed E-state index contributed by atoms with van der Waals surface area (Å²) in [7, 11) is 1.77. The molecule has 0 bridgehead atoms. The van der Waals surface area contributed by atoms with E-state index in [0.717, 1.165) is 51.9 Å². The molecule has 2 fully saturated rings. The summed E-state index contributed by atoms with van der Waals surface area (Å²) < 4.78 is 5.82. The molecule has 2 aliphatic rings. The lowest BCUT2D eigenvalue weighted by atomic mass is 9.68. The SMILES string of the molecule is COc1cc(C=Nc2ccc(-c3csc(-c4ccccc4)n3)cc2)ccc1N1CCC2(CCCCC2)CC1. The smallest absolute Gasteiger partial charge is 0.142 e. The third-order valence-corrected chi connectivity index (χ3v) is 9.22. The lowest BCUT2D eigenvalue weighted by molar-refractivity contribution is 0.144. The Morgan fingerprint density at radius 1 is 0.868 bits per heavy atom. The van der Waals surface area contributed by atoms with Gasteiger partial charge in [0.2, 0.25) is 0 Å². The maximum Gasteiger partial charge on any atom is 0.142 e. The van der Waals surface area contributed by atoms with Crippen molar-refractivity contribution in [3.05, 3.63) is 83.7 Å². The molecule has 1 aromatic heterocycles. The largest absolute Gasteiger partial charge is 0.495 e. The number of nitrogens with zero attached hydrogens (tertiary/aromatic N) is 3. The first-order valence-electron chi connectivity index (χ1n) is 13.8. The Bertz CT molecular complexity index is 1380. The first-order chi connectivity index (χ1) is 18.7. The van der Waals surface area contributed by atoms with Crippen molar-refractivity contribution in [2.75, 3.05) is 25.1 Å². The van der Waals surface area contributed by atoms with E-state index >= 15 is 0 Å². The average Bonchev–Trinajstić information content (AvgIpc) is 3.48. The van der Waals surface area contributed by atoms with Crippen molar-refractivity contribution >= 4 is 28.9 Å². The summed E-state index contributed by atoms with van der Waals surface area (Å²) in [6, 6.07) is 25.1. The molecule has 3 aromatic carbocycles. The molecule has 0 radical (unpaired) electrons. The molecule has 4 nitrogen and oxygen atoms in total. The van der Waals surface area contributed by atoms with Gasteiger partial charge in [0.05, 0.1) is 24.2 Å². The summed E-state index contributed by atoms with van der Waals surface area (Å²) in [4.78, 5) is 12.1. The molecule has 5 heteroatoms. The molecular weight excluding hydrogens is 486 g/mol. The first kappa shape index (κ1) is 24.9. The zero-order valence-corrected chi connectivity index (χ0v) is 22.9. The van der Waals surface area contributed by atoms with Crippen LogP contribution in [0.1, 0.15) is 50.5 Å². The van der Waals surface area contributed by atoms with Gasteiger partial charge in [0, 0.05) is 35.8 Å². The minimum absolute atomic E-state index is 0.605. The summed E-state index contributed by atoms with van der Waals surface area (Å²) in [5, 5.41) is 3.16. The Morgan fingerprint density at radius 3 is 2.37 bits per heavy atom. The van der Waals surface area contributed by atoms with Gasteiger partial charge >= 0.3 is 0 Å². The summed E-state index contributed by atoms with van der Waals surface area (Å²) in [6.45, 7) is 2.25. The van der Waals surface area contributed by atoms with Crippen LogP contribution in [0.3, 0.4) is 0 Å². The highest BCUT2D eigenvalue weighted by Gasteiger charge is 2.36. The number of hydrogen-bond donors (Lipinski definition) is 0. The second kappa shape index (κ2) is 11.1. The molecule has 1 spiro atoms. The Hall–Kier alpha value is -3.44. The van der Waals surface area contributed by atoms with E-state index in [4.69, 9.17) is 14.7 Å². The lowest BCUT2D eigenvalue weighted by Gasteiger charge is -2.45. The number of thiazole rings is 1. The molecule has 0 N–H and O–H groups in total. The highest BCUT2D eigenvalue weighted by Crippen LogP contribution is 2.46. The number of rotatable bonds is 6. The standard InChI is InChI=1S/C33H35N3OS/c1-37-31-22-25(10-15-30(31)36-20-18-33(19-21-36)16-6-3-7-17-33)23-34-28-13-11-26(12-14-28)29-24-38-32(35-29)27-8-4-2-5-9-27/h2,4-5,8-15,22-24H,3,6-7,16-21H2,1H3. The summed E-state index contributed by atoms with van der Waals surface area (Å²) in [5.41, 5.74) is 7.03. The maximum atomic E-state index is 5.82. The van der Waals surface area contributed by atoms with E-state index in [1.165, 1.54) is 50.6 Å². The predicted octanol–water partition coefficient (Wildman–Crippen LogP) is 8.79. The third-order valence-electron chi connectivity index (χ3n) is 8.33. The Kier molecular flexibility index (Phi) is 7.28.